The molecule has 234 valence electrons. The molecular weight excluding hydrogens is 592 g/mol. The molecule has 0 radical (unpaired) electrons. The number of carbonyl (C=O) groups excluding carboxylic acids is 1. The third-order valence-electron chi connectivity index (χ3n) is 7.20. The van der Waals surface area contributed by atoms with Crippen molar-refractivity contribution in [3.63, 3.8) is 0 Å². The maximum atomic E-state index is 13.4. The van der Waals surface area contributed by atoms with Crippen LogP contribution >= 0.6 is 0 Å². The Morgan fingerprint density at radius 1 is 0.872 bits per heavy atom. The molecule has 3 heterocycles. The number of rotatable bonds is 8. The molecule has 0 spiro atoms. The highest BCUT2D eigenvalue weighted by Crippen LogP contribution is 2.35. The molecule has 0 unspecified atom stereocenters. The van der Waals surface area contributed by atoms with E-state index in [4.69, 9.17) is 21.0 Å². The fourth-order valence-corrected chi connectivity index (χ4v) is 4.80. The number of aromatic nitrogens is 5. The lowest BCUT2D eigenvalue weighted by atomic mass is 9.92. The molecule has 3 aromatic heterocycles. The first kappa shape index (κ1) is 30.6. The SMILES string of the molecule is C#Cc1ccccc1Nc1nccc(Oc2ccc(NC(=O)Nc3cc(C(C)(C)C)nn3-c3ccc(OC)nc3)c3ccccc23)n1. The van der Waals surface area contributed by atoms with Gasteiger partial charge in [0.25, 0.3) is 0 Å². The number of methoxy groups -OCH3 is 1. The minimum absolute atomic E-state index is 0.253. The van der Waals surface area contributed by atoms with Crippen LogP contribution in [0.15, 0.2) is 97.3 Å². The van der Waals surface area contributed by atoms with Crippen molar-refractivity contribution < 1.29 is 14.3 Å². The van der Waals surface area contributed by atoms with Crippen molar-refractivity contribution in [1.82, 2.24) is 24.7 Å². The molecule has 47 heavy (non-hydrogen) atoms. The Balaban J connectivity index is 1.23. The van der Waals surface area contributed by atoms with Gasteiger partial charge in [0.2, 0.25) is 17.7 Å². The molecule has 0 aliphatic heterocycles. The Bertz CT molecular complexity index is 2110. The number of terminal acetylenes is 1. The lowest BCUT2D eigenvalue weighted by molar-refractivity contribution is 0.262. The predicted molar refractivity (Wildman–Crippen MR) is 183 cm³/mol. The van der Waals surface area contributed by atoms with E-state index >= 15 is 0 Å². The summed E-state index contributed by atoms with van der Waals surface area (Å²) in [5, 5.41) is 15.4. The normalized spacial score (nSPS) is 11.0. The van der Waals surface area contributed by atoms with Crippen LogP contribution in [0.3, 0.4) is 0 Å². The third-order valence-corrected chi connectivity index (χ3v) is 7.20. The molecule has 2 amide bonds. The number of fused-ring (bicyclic) bond motifs is 1. The summed E-state index contributed by atoms with van der Waals surface area (Å²) < 4.78 is 13.1. The van der Waals surface area contributed by atoms with Crippen molar-refractivity contribution in [2.45, 2.75) is 26.2 Å². The van der Waals surface area contributed by atoms with Crippen LogP contribution in [0.4, 0.5) is 27.9 Å². The summed E-state index contributed by atoms with van der Waals surface area (Å²) in [6.45, 7) is 6.17. The molecule has 0 saturated carbocycles. The maximum absolute atomic E-state index is 13.4. The average molecular weight is 625 g/mol. The Labute approximate surface area is 272 Å². The van der Waals surface area contributed by atoms with E-state index in [1.807, 2.05) is 60.7 Å². The fraction of sp³-hybridized carbons (Fsp3) is 0.139. The van der Waals surface area contributed by atoms with Crippen molar-refractivity contribution in [3.05, 3.63) is 109 Å². The number of benzene rings is 3. The van der Waals surface area contributed by atoms with Crippen LogP contribution in [0.2, 0.25) is 0 Å². The maximum Gasteiger partial charge on any atom is 0.324 e. The van der Waals surface area contributed by atoms with Gasteiger partial charge < -0.3 is 20.1 Å². The smallest absolute Gasteiger partial charge is 0.324 e. The zero-order chi connectivity index (χ0) is 33.0. The Morgan fingerprint density at radius 3 is 2.40 bits per heavy atom. The topological polar surface area (TPSA) is 128 Å². The van der Waals surface area contributed by atoms with Crippen molar-refractivity contribution in [3.8, 4) is 35.5 Å². The zero-order valence-corrected chi connectivity index (χ0v) is 26.3. The van der Waals surface area contributed by atoms with Gasteiger partial charge in [-0.15, -0.1) is 6.42 Å². The van der Waals surface area contributed by atoms with Crippen molar-refractivity contribution >= 4 is 39.9 Å². The fourth-order valence-electron chi connectivity index (χ4n) is 4.80. The lowest BCUT2D eigenvalue weighted by Gasteiger charge is -2.14. The van der Waals surface area contributed by atoms with Crippen LogP contribution in [0, 0.1) is 12.3 Å². The molecule has 0 aliphatic rings. The van der Waals surface area contributed by atoms with Gasteiger partial charge in [0.05, 0.1) is 36.1 Å². The molecule has 6 aromatic rings. The number of hydrogen-bond donors (Lipinski definition) is 3. The first-order valence-corrected chi connectivity index (χ1v) is 14.8. The average Bonchev–Trinajstić information content (AvgIpc) is 3.50. The van der Waals surface area contributed by atoms with Gasteiger partial charge in [0, 0.05) is 46.1 Å². The minimum atomic E-state index is -0.439. The van der Waals surface area contributed by atoms with Crippen LogP contribution in [-0.4, -0.2) is 37.9 Å². The lowest BCUT2D eigenvalue weighted by Crippen LogP contribution is -2.21. The van der Waals surface area contributed by atoms with Crippen LogP contribution in [0.5, 0.6) is 17.5 Å². The molecule has 3 N–H and O–H groups in total. The number of anilines is 4. The molecule has 0 atom stereocenters. The molecular formula is C36H32N8O3. The number of carbonyl (C=O) groups is 1. The standard InChI is InChI=1S/C36H32N8O3/c1-6-23-11-7-10-14-27(23)39-34-37-20-19-33(42-34)47-29-17-16-28(25-12-8-9-13-26(25)29)40-35(45)41-31-21-30(36(2,3)4)43-44(31)24-15-18-32(46-5)38-22-24/h1,7-22H,2-5H3,(H,37,39,42)(H2,40,41,45). The first-order chi connectivity index (χ1) is 22.7. The Morgan fingerprint density at radius 2 is 1.66 bits per heavy atom. The van der Waals surface area contributed by atoms with E-state index in [0.29, 0.717) is 51.9 Å². The van der Waals surface area contributed by atoms with Gasteiger partial charge in [0.15, 0.2) is 0 Å². The van der Waals surface area contributed by atoms with E-state index in [-0.39, 0.29) is 5.41 Å². The van der Waals surface area contributed by atoms with Crippen LogP contribution in [-0.2, 0) is 5.41 Å². The largest absolute Gasteiger partial charge is 0.481 e. The van der Waals surface area contributed by atoms with Gasteiger partial charge >= 0.3 is 6.03 Å². The monoisotopic (exact) mass is 624 g/mol. The molecule has 0 fully saturated rings. The highest BCUT2D eigenvalue weighted by molar-refractivity contribution is 6.07. The Hall–Kier alpha value is -6.41. The van der Waals surface area contributed by atoms with E-state index < -0.39 is 6.03 Å². The summed E-state index contributed by atoms with van der Waals surface area (Å²) in [5.41, 5.74) is 3.22. The van der Waals surface area contributed by atoms with Gasteiger partial charge in [-0.05, 0) is 30.3 Å². The molecule has 3 aromatic carbocycles. The van der Waals surface area contributed by atoms with Crippen LogP contribution < -0.4 is 25.4 Å². The second kappa shape index (κ2) is 12.9. The number of pyridine rings is 1. The Kier molecular flexibility index (Phi) is 8.40. The molecule has 11 nitrogen and oxygen atoms in total. The highest BCUT2D eigenvalue weighted by Gasteiger charge is 2.22. The van der Waals surface area contributed by atoms with Crippen molar-refractivity contribution in [1.29, 1.82) is 0 Å². The number of urea groups is 1. The van der Waals surface area contributed by atoms with Gasteiger partial charge in [-0.2, -0.15) is 10.1 Å². The molecule has 6 rings (SSSR count). The van der Waals surface area contributed by atoms with Crippen LogP contribution in [0.25, 0.3) is 16.5 Å². The van der Waals surface area contributed by atoms with E-state index in [0.717, 1.165) is 16.5 Å². The van der Waals surface area contributed by atoms with E-state index in [1.54, 1.807) is 48.5 Å². The third kappa shape index (κ3) is 6.82. The summed E-state index contributed by atoms with van der Waals surface area (Å²) in [5.74, 6) is 4.84. The molecule has 0 aliphatic carbocycles. The predicted octanol–water partition coefficient (Wildman–Crippen LogP) is 7.68. The van der Waals surface area contributed by atoms with E-state index in [9.17, 15) is 4.79 Å². The number of para-hydroxylation sites is 1. The zero-order valence-electron chi connectivity index (χ0n) is 26.3. The summed E-state index contributed by atoms with van der Waals surface area (Å²) >= 11 is 0. The highest BCUT2D eigenvalue weighted by atomic mass is 16.5. The summed E-state index contributed by atoms with van der Waals surface area (Å²) in [4.78, 5) is 26.5. The number of nitrogens with one attached hydrogen (secondary N) is 3. The molecule has 0 saturated heterocycles. The minimum Gasteiger partial charge on any atom is -0.481 e. The summed E-state index contributed by atoms with van der Waals surface area (Å²) in [6, 6.07) is 25.3. The van der Waals surface area contributed by atoms with Crippen molar-refractivity contribution in [2.75, 3.05) is 23.1 Å². The van der Waals surface area contributed by atoms with Crippen molar-refractivity contribution in [2.24, 2.45) is 0 Å². The van der Waals surface area contributed by atoms with E-state index in [1.165, 1.54) is 0 Å². The molecule has 11 heteroatoms. The number of amides is 2. The quantitative estimate of drug-likeness (QED) is 0.147. The second-order valence-electron chi connectivity index (χ2n) is 11.5. The summed E-state index contributed by atoms with van der Waals surface area (Å²) in [6.07, 6.45) is 8.87. The van der Waals surface area contributed by atoms with Gasteiger partial charge in [0.1, 0.15) is 11.6 Å². The number of nitrogens with zero attached hydrogens (tertiary/aromatic N) is 5. The van der Waals surface area contributed by atoms with Gasteiger partial charge in [-0.1, -0.05) is 63.1 Å². The van der Waals surface area contributed by atoms with Gasteiger partial charge in [-0.25, -0.2) is 19.4 Å². The second-order valence-corrected chi connectivity index (χ2v) is 11.5. The molecule has 0 bridgehead atoms. The van der Waals surface area contributed by atoms with E-state index in [2.05, 4.69) is 57.6 Å². The van der Waals surface area contributed by atoms with Gasteiger partial charge in [-0.3, -0.25) is 5.32 Å². The summed E-state index contributed by atoms with van der Waals surface area (Å²) in [7, 11) is 1.56. The van der Waals surface area contributed by atoms with Crippen LogP contribution in [0.1, 0.15) is 32.0 Å². The number of ether oxygens (including phenoxy) is 2. The first-order valence-electron chi connectivity index (χ1n) is 14.8. The number of hydrogen-bond acceptors (Lipinski definition) is 8.